The number of para-hydroxylation sites is 1. The van der Waals surface area contributed by atoms with E-state index in [0.29, 0.717) is 17.5 Å². The summed E-state index contributed by atoms with van der Waals surface area (Å²) in [5.41, 5.74) is 1.79. The van der Waals surface area contributed by atoms with E-state index in [0.717, 1.165) is 17.0 Å². The Morgan fingerprint density at radius 2 is 2.00 bits per heavy atom. The number of nitrogens with zero attached hydrogens (tertiary/aromatic N) is 4. The lowest BCUT2D eigenvalue weighted by atomic mass is 10.2. The Morgan fingerprint density at radius 3 is 2.88 bits per heavy atom. The molecule has 1 aromatic heterocycles. The largest absolute Gasteiger partial charge is 0.454 e. The van der Waals surface area contributed by atoms with Crippen molar-refractivity contribution < 1.29 is 14.3 Å². The normalized spacial score (nSPS) is 12.2. The maximum Gasteiger partial charge on any atom is 0.231 e. The third kappa shape index (κ3) is 3.62. The molecule has 3 aromatic rings. The average Bonchev–Trinajstić information content (AvgIpc) is 3.34. The number of amides is 1. The van der Waals surface area contributed by atoms with Gasteiger partial charge in [-0.05, 0) is 40.3 Å². The van der Waals surface area contributed by atoms with Gasteiger partial charge in [0.2, 0.25) is 17.9 Å². The van der Waals surface area contributed by atoms with Crippen molar-refractivity contribution in [1.29, 1.82) is 0 Å². The second-order valence-electron chi connectivity index (χ2n) is 5.46. The lowest BCUT2D eigenvalue weighted by Gasteiger charge is -2.06. The zero-order valence-corrected chi connectivity index (χ0v) is 14.5. The first-order chi connectivity index (χ1) is 12.8. The molecule has 4 rings (SSSR count). The van der Waals surface area contributed by atoms with Gasteiger partial charge < -0.3 is 14.8 Å². The molecule has 8 nitrogen and oxygen atoms in total. The van der Waals surface area contributed by atoms with Crippen LogP contribution in [0.4, 0.5) is 0 Å². The fourth-order valence-electron chi connectivity index (χ4n) is 2.43. The molecule has 9 heteroatoms. The van der Waals surface area contributed by atoms with E-state index in [1.54, 1.807) is 4.68 Å². The number of aromatic nitrogens is 4. The third-order valence-corrected chi connectivity index (χ3v) is 4.62. The summed E-state index contributed by atoms with van der Waals surface area (Å²) in [7, 11) is 0. The molecular formula is C17H15N5O3S. The predicted octanol–water partition coefficient (Wildman–Crippen LogP) is 1.80. The molecule has 2 aromatic carbocycles. The zero-order chi connectivity index (χ0) is 17.8. The molecule has 0 saturated heterocycles. The Morgan fingerprint density at radius 1 is 1.15 bits per heavy atom. The van der Waals surface area contributed by atoms with Crippen LogP contribution >= 0.6 is 11.8 Å². The second kappa shape index (κ2) is 7.44. The number of ether oxygens (including phenoxy) is 2. The first kappa shape index (κ1) is 16.4. The Balaban J connectivity index is 1.32. The third-order valence-electron chi connectivity index (χ3n) is 3.70. The van der Waals surface area contributed by atoms with Crippen LogP contribution in [0.25, 0.3) is 5.69 Å². The smallest absolute Gasteiger partial charge is 0.231 e. The van der Waals surface area contributed by atoms with Gasteiger partial charge in [-0.3, -0.25) is 4.79 Å². The van der Waals surface area contributed by atoms with E-state index < -0.39 is 0 Å². The van der Waals surface area contributed by atoms with Gasteiger partial charge in [0.1, 0.15) is 0 Å². The summed E-state index contributed by atoms with van der Waals surface area (Å²) in [5.74, 6) is 1.55. The first-order valence-corrected chi connectivity index (χ1v) is 8.90. The van der Waals surface area contributed by atoms with Gasteiger partial charge in [0.15, 0.2) is 11.5 Å². The van der Waals surface area contributed by atoms with Crippen LogP contribution in [0.2, 0.25) is 0 Å². The van der Waals surface area contributed by atoms with Crippen molar-refractivity contribution >= 4 is 17.7 Å². The molecule has 2 heterocycles. The van der Waals surface area contributed by atoms with Crippen molar-refractivity contribution in [3.8, 4) is 17.2 Å². The molecule has 0 bridgehead atoms. The minimum Gasteiger partial charge on any atom is -0.454 e. The van der Waals surface area contributed by atoms with Crippen LogP contribution in [0, 0.1) is 0 Å². The molecule has 0 radical (unpaired) electrons. The highest BCUT2D eigenvalue weighted by atomic mass is 32.2. The van der Waals surface area contributed by atoms with Gasteiger partial charge in [0, 0.05) is 6.54 Å². The molecule has 1 N–H and O–H groups in total. The Bertz CT molecular complexity index is 916. The van der Waals surface area contributed by atoms with Crippen LogP contribution in [0.15, 0.2) is 53.7 Å². The van der Waals surface area contributed by atoms with E-state index in [-0.39, 0.29) is 18.5 Å². The van der Waals surface area contributed by atoms with Gasteiger partial charge in [-0.25, -0.2) is 0 Å². The maximum atomic E-state index is 12.1. The molecule has 0 aliphatic carbocycles. The number of carbonyl (C=O) groups excluding carboxylic acids is 1. The Hall–Kier alpha value is -3.07. The van der Waals surface area contributed by atoms with E-state index in [1.807, 2.05) is 48.5 Å². The van der Waals surface area contributed by atoms with Crippen molar-refractivity contribution in [2.45, 2.75) is 11.7 Å². The fraction of sp³-hybridized carbons (Fsp3) is 0.176. The Kier molecular flexibility index (Phi) is 4.69. The quantitative estimate of drug-likeness (QED) is 0.663. The molecule has 0 saturated carbocycles. The standard InChI is InChI=1S/C17H15N5O3S/c23-16(18-9-12-6-7-14-15(8-12)25-11-24-14)10-26-17-19-20-21-22(17)13-4-2-1-3-5-13/h1-8H,9-11H2,(H,18,23). The molecular weight excluding hydrogens is 354 g/mol. The van der Waals surface area contributed by atoms with Gasteiger partial charge >= 0.3 is 0 Å². The number of fused-ring (bicyclic) bond motifs is 1. The molecule has 0 fully saturated rings. The SMILES string of the molecule is O=C(CSc1nnnn1-c1ccccc1)NCc1ccc2c(c1)OCO2. The van der Waals surface area contributed by atoms with Gasteiger partial charge in [-0.15, -0.1) is 5.10 Å². The monoisotopic (exact) mass is 369 g/mol. The molecule has 0 atom stereocenters. The number of benzene rings is 2. The molecule has 132 valence electrons. The van der Waals surface area contributed by atoms with Gasteiger partial charge in [-0.1, -0.05) is 36.0 Å². The predicted molar refractivity (Wildman–Crippen MR) is 94.3 cm³/mol. The maximum absolute atomic E-state index is 12.1. The number of thioether (sulfide) groups is 1. The number of hydrogen-bond donors (Lipinski definition) is 1. The fourth-order valence-corrected chi connectivity index (χ4v) is 3.15. The van der Waals surface area contributed by atoms with E-state index >= 15 is 0 Å². The average molecular weight is 369 g/mol. The lowest BCUT2D eigenvalue weighted by Crippen LogP contribution is -2.24. The van der Waals surface area contributed by atoms with Crippen LogP contribution in [0.5, 0.6) is 11.5 Å². The van der Waals surface area contributed by atoms with E-state index in [4.69, 9.17) is 9.47 Å². The molecule has 26 heavy (non-hydrogen) atoms. The molecule has 1 aliphatic rings. The van der Waals surface area contributed by atoms with Crippen LogP contribution in [-0.4, -0.2) is 38.7 Å². The van der Waals surface area contributed by atoms with E-state index in [2.05, 4.69) is 20.8 Å². The van der Waals surface area contributed by atoms with Crippen molar-refractivity contribution in [3.63, 3.8) is 0 Å². The number of hydrogen-bond acceptors (Lipinski definition) is 7. The molecule has 0 unspecified atom stereocenters. The summed E-state index contributed by atoms with van der Waals surface area (Å²) >= 11 is 1.28. The summed E-state index contributed by atoms with van der Waals surface area (Å²) in [5, 5.41) is 15.1. The van der Waals surface area contributed by atoms with Gasteiger partial charge in [-0.2, -0.15) is 4.68 Å². The summed E-state index contributed by atoms with van der Waals surface area (Å²) in [6.07, 6.45) is 0. The van der Waals surface area contributed by atoms with Crippen molar-refractivity contribution in [1.82, 2.24) is 25.5 Å². The second-order valence-corrected chi connectivity index (χ2v) is 6.40. The van der Waals surface area contributed by atoms with Gasteiger partial charge in [0.05, 0.1) is 11.4 Å². The topological polar surface area (TPSA) is 91.2 Å². The lowest BCUT2D eigenvalue weighted by molar-refractivity contribution is -0.118. The van der Waals surface area contributed by atoms with Crippen LogP contribution in [0.3, 0.4) is 0 Å². The highest BCUT2D eigenvalue weighted by molar-refractivity contribution is 7.99. The molecule has 1 amide bonds. The first-order valence-electron chi connectivity index (χ1n) is 7.91. The van der Waals surface area contributed by atoms with E-state index in [9.17, 15) is 4.79 Å². The number of rotatable bonds is 6. The minimum atomic E-state index is -0.102. The van der Waals surface area contributed by atoms with Crippen molar-refractivity contribution in [2.24, 2.45) is 0 Å². The summed E-state index contributed by atoms with van der Waals surface area (Å²) < 4.78 is 12.2. The van der Waals surface area contributed by atoms with Crippen LogP contribution in [0.1, 0.15) is 5.56 Å². The summed E-state index contributed by atoms with van der Waals surface area (Å²) in [4.78, 5) is 12.1. The molecule has 1 aliphatic heterocycles. The van der Waals surface area contributed by atoms with Crippen molar-refractivity contribution in [2.75, 3.05) is 12.5 Å². The Labute approximate surface area is 153 Å². The van der Waals surface area contributed by atoms with Crippen LogP contribution < -0.4 is 14.8 Å². The molecule has 0 spiro atoms. The highest BCUT2D eigenvalue weighted by Gasteiger charge is 2.14. The zero-order valence-electron chi connectivity index (χ0n) is 13.7. The van der Waals surface area contributed by atoms with Crippen LogP contribution in [-0.2, 0) is 11.3 Å². The summed E-state index contributed by atoms with van der Waals surface area (Å²) in [6, 6.07) is 15.1. The van der Waals surface area contributed by atoms with Crippen molar-refractivity contribution in [3.05, 3.63) is 54.1 Å². The minimum absolute atomic E-state index is 0.102. The number of tetrazole rings is 1. The van der Waals surface area contributed by atoms with Gasteiger partial charge in [0.25, 0.3) is 0 Å². The van der Waals surface area contributed by atoms with E-state index in [1.165, 1.54) is 11.8 Å². The summed E-state index contributed by atoms with van der Waals surface area (Å²) in [6.45, 7) is 0.650. The number of nitrogens with one attached hydrogen (secondary N) is 1. The highest BCUT2D eigenvalue weighted by Crippen LogP contribution is 2.32. The number of carbonyl (C=O) groups is 1.